The molecule has 0 saturated heterocycles. The molecular formula is C14H16N2O2S. The first-order chi connectivity index (χ1) is 9.08. The predicted molar refractivity (Wildman–Crippen MR) is 77.4 cm³/mol. The van der Waals surface area contributed by atoms with E-state index in [1.54, 1.807) is 19.1 Å². The van der Waals surface area contributed by atoms with Gasteiger partial charge in [-0.15, -0.1) is 0 Å². The standard InChI is InChI=1S/C14H16N2O2S/c1-14(18,11-7-8-19-9-11)10-15-13(17)16-12-5-3-2-4-6-12/h2-9,18H,10H2,1H3,(H2,15,16,17). The molecule has 1 aromatic heterocycles. The Morgan fingerprint density at radius 3 is 2.68 bits per heavy atom. The average molecular weight is 276 g/mol. The molecule has 3 N–H and O–H groups in total. The predicted octanol–water partition coefficient (Wildman–Crippen LogP) is 2.78. The summed E-state index contributed by atoms with van der Waals surface area (Å²) < 4.78 is 0. The Labute approximate surface area is 116 Å². The Hall–Kier alpha value is -1.85. The van der Waals surface area contributed by atoms with E-state index in [4.69, 9.17) is 0 Å². The molecule has 0 aliphatic carbocycles. The maximum atomic E-state index is 11.7. The number of aliphatic hydroxyl groups is 1. The molecule has 0 saturated carbocycles. The van der Waals surface area contributed by atoms with E-state index in [1.807, 2.05) is 35.0 Å². The summed E-state index contributed by atoms with van der Waals surface area (Å²) in [5.74, 6) is 0. The quantitative estimate of drug-likeness (QED) is 0.804. The fourth-order valence-electron chi connectivity index (χ4n) is 1.62. The van der Waals surface area contributed by atoms with E-state index < -0.39 is 5.60 Å². The lowest BCUT2D eigenvalue weighted by Crippen LogP contribution is -2.40. The maximum Gasteiger partial charge on any atom is 0.319 e. The molecule has 2 aromatic rings. The van der Waals surface area contributed by atoms with Crippen LogP contribution < -0.4 is 10.6 Å². The van der Waals surface area contributed by atoms with Crippen molar-refractivity contribution >= 4 is 23.1 Å². The zero-order valence-corrected chi connectivity index (χ0v) is 11.4. The van der Waals surface area contributed by atoms with Crippen molar-refractivity contribution in [2.24, 2.45) is 0 Å². The number of rotatable bonds is 4. The molecule has 1 heterocycles. The summed E-state index contributed by atoms with van der Waals surface area (Å²) in [7, 11) is 0. The summed E-state index contributed by atoms with van der Waals surface area (Å²) in [6.07, 6.45) is 0. The first kappa shape index (κ1) is 13.6. The second-order valence-corrected chi connectivity index (χ2v) is 5.24. The lowest BCUT2D eigenvalue weighted by molar-refractivity contribution is 0.0604. The van der Waals surface area contributed by atoms with E-state index in [-0.39, 0.29) is 12.6 Å². The minimum atomic E-state index is -1.06. The molecule has 0 aliphatic heterocycles. The number of anilines is 1. The Morgan fingerprint density at radius 2 is 2.05 bits per heavy atom. The molecule has 0 fully saturated rings. The normalized spacial score (nSPS) is 13.6. The number of urea groups is 1. The van der Waals surface area contributed by atoms with E-state index in [0.717, 1.165) is 11.3 Å². The van der Waals surface area contributed by atoms with Gasteiger partial charge < -0.3 is 15.7 Å². The van der Waals surface area contributed by atoms with Crippen LogP contribution in [0.3, 0.4) is 0 Å². The summed E-state index contributed by atoms with van der Waals surface area (Å²) in [5, 5.41) is 19.4. The molecule has 1 atom stereocenters. The number of benzene rings is 1. The molecular weight excluding hydrogens is 260 g/mol. The van der Waals surface area contributed by atoms with E-state index in [1.165, 1.54) is 11.3 Å². The minimum Gasteiger partial charge on any atom is -0.384 e. The fraction of sp³-hybridized carbons (Fsp3) is 0.214. The highest BCUT2D eigenvalue weighted by molar-refractivity contribution is 7.08. The van der Waals surface area contributed by atoms with Crippen LogP contribution in [-0.2, 0) is 5.60 Å². The van der Waals surface area contributed by atoms with Gasteiger partial charge in [-0.1, -0.05) is 18.2 Å². The number of carbonyl (C=O) groups is 1. The highest BCUT2D eigenvalue weighted by Gasteiger charge is 2.24. The van der Waals surface area contributed by atoms with Gasteiger partial charge in [-0.2, -0.15) is 11.3 Å². The van der Waals surface area contributed by atoms with Crippen LogP contribution in [-0.4, -0.2) is 17.7 Å². The molecule has 2 rings (SSSR count). The number of thiophene rings is 1. The van der Waals surface area contributed by atoms with Crippen molar-refractivity contribution in [3.8, 4) is 0 Å². The number of amides is 2. The summed E-state index contributed by atoms with van der Waals surface area (Å²) in [5.41, 5.74) is 0.460. The maximum absolute atomic E-state index is 11.7. The first-order valence-corrected chi connectivity index (χ1v) is 6.87. The second kappa shape index (κ2) is 5.86. The van der Waals surface area contributed by atoms with Crippen LogP contribution in [0.15, 0.2) is 47.2 Å². The molecule has 1 aromatic carbocycles. The summed E-state index contributed by atoms with van der Waals surface area (Å²) in [6, 6.07) is 10.7. The van der Waals surface area contributed by atoms with E-state index in [9.17, 15) is 9.90 Å². The summed E-state index contributed by atoms with van der Waals surface area (Å²) >= 11 is 1.52. The lowest BCUT2D eigenvalue weighted by Gasteiger charge is -2.22. The molecule has 0 radical (unpaired) electrons. The van der Waals surface area contributed by atoms with Gasteiger partial charge in [-0.25, -0.2) is 4.79 Å². The van der Waals surface area contributed by atoms with Crippen LogP contribution in [0, 0.1) is 0 Å². The van der Waals surface area contributed by atoms with E-state index >= 15 is 0 Å². The van der Waals surface area contributed by atoms with Crippen LogP contribution in [0.25, 0.3) is 0 Å². The highest BCUT2D eigenvalue weighted by Crippen LogP contribution is 2.21. The van der Waals surface area contributed by atoms with Gasteiger partial charge in [0.1, 0.15) is 5.60 Å². The SMILES string of the molecule is CC(O)(CNC(=O)Nc1ccccc1)c1ccsc1. The van der Waals surface area contributed by atoms with Gasteiger partial charge in [0, 0.05) is 5.69 Å². The number of hydrogen-bond donors (Lipinski definition) is 3. The van der Waals surface area contributed by atoms with Crippen molar-refractivity contribution in [1.29, 1.82) is 0 Å². The third-order valence-corrected chi connectivity index (χ3v) is 3.45. The molecule has 2 amide bonds. The highest BCUT2D eigenvalue weighted by atomic mass is 32.1. The fourth-order valence-corrected chi connectivity index (χ4v) is 2.40. The van der Waals surface area contributed by atoms with Gasteiger partial charge in [0.2, 0.25) is 0 Å². The van der Waals surface area contributed by atoms with Gasteiger partial charge in [0.05, 0.1) is 6.54 Å². The molecule has 19 heavy (non-hydrogen) atoms. The van der Waals surface area contributed by atoms with Crippen molar-refractivity contribution in [2.75, 3.05) is 11.9 Å². The Bertz CT molecular complexity index is 524. The van der Waals surface area contributed by atoms with Crippen LogP contribution in [0.1, 0.15) is 12.5 Å². The average Bonchev–Trinajstić information content (AvgIpc) is 2.92. The van der Waals surface area contributed by atoms with E-state index in [0.29, 0.717) is 0 Å². The molecule has 0 bridgehead atoms. The molecule has 5 heteroatoms. The zero-order valence-electron chi connectivity index (χ0n) is 10.6. The van der Waals surface area contributed by atoms with Crippen molar-refractivity contribution in [2.45, 2.75) is 12.5 Å². The summed E-state index contributed by atoms with van der Waals surface area (Å²) in [6.45, 7) is 1.83. The molecule has 4 nitrogen and oxygen atoms in total. The monoisotopic (exact) mass is 276 g/mol. The molecule has 0 spiro atoms. The van der Waals surface area contributed by atoms with Crippen LogP contribution in [0.5, 0.6) is 0 Å². The Morgan fingerprint density at radius 1 is 1.32 bits per heavy atom. The van der Waals surface area contributed by atoms with Gasteiger partial charge in [0.25, 0.3) is 0 Å². The van der Waals surface area contributed by atoms with E-state index in [2.05, 4.69) is 10.6 Å². The largest absolute Gasteiger partial charge is 0.384 e. The third kappa shape index (κ3) is 3.81. The van der Waals surface area contributed by atoms with Crippen LogP contribution in [0.4, 0.5) is 10.5 Å². The topological polar surface area (TPSA) is 61.4 Å². The number of hydrogen-bond acceptors (Lipinski definition) is 3. The Kier molecular flexibility index (Phi) is 4.19. The number of nitrogens with one attached hydrogen (secondary N) is 2. The second-order valence-electron chi connectivity index (χ2n) is 4.46. The zero-order chi connectivity index (χ0) is 13.7. The number of para-hydroxylation sites is 1. The smallest absolute Gasteiger partial charge is 0.319 e. The van der Waals surface area contributed by atoms with Gasteiger partial charge in [-0.05, 0) is 41.4 Å². The van der Waals surface area contributed by atoms with Crippen molar-refractivity contribution < 1.29 is 9.90 Å². The van der Waals surface area contributed by atoms with Crippen LogP contribution >= 0.6 is 11.3 Å². The third-order valence-electron chi connectivity index (χ3n) is 2.77. The van der Waals surface area contributed by atoms with Crippen molar-refractivity contribution in [1.82, 2.24) is 5.32 Å². The van der Waals surface area contributed by atoms with Crippen molar-refractivity contribution in [3.05, 3.63) is 52.7 Å². The van der Waals surface area contributed by atoms with Crippen LogP contribution in [0.2, 0.25) is 0 Å². The number of carbonyl (C=O) groups excluding carboxylic acids is 1. The van der Waals surface area contributed by atoms with Crippen molar-refractivity contribution in [3.63, 3.8) is 0 Å². The minimum absolute atomic E-state index is 0.155. The van der Waals surface area contributed by atoms with Gasteiger partial charge >= 0.3 is 6.03 Å². The van der Waals surface area contributed by atoms with Gasteiger partial charge in [-0.3, -0.25) is 0 Å². The van der Waals surface area contributed by atoms with Gasteiger partial charge in [0.15, 0.2) is 0 Å². The summed E-state index contributed by atoms with van der Waals surface area (Å²) in [4.78, 5) is 11.7. The molecule has 100 valence electrons. The Balaban J connectivity index is 1.87. The molecule has 0 aliphatic rings. The molecule has 1 unspecified atom stereocenters. The lowest BCUT2D eigenvalue weighted by atomic mass is 9.99. The first-order valence-electron chi connectivity index (χ1n) is 5.93.